The second-order valence-corrected chi connectivity index (χ2v) is 6.73. The second kappa shape index (κ2) is 6.06. The Morgan fingerprint density at radius 3 is 2.47 bits per heavy atom. The molecule has 0 spiro atoms. The number of fused-ring (bicyclic) bond motifs is 1. The van der Waals surface area contributed by atoms with E-state index in [0.717, 1.165) is 5.92 Å². The van der Waals surface area contributed by atoms with E-state index in [1.165, 1.54) is 26.9 Å². The van der Waals surface area contributed by atoms with Crippen molar-refractivity contribution in [1.82, 2.24) is 5.32 Å². The predicted octanol–water partition coefficient (Wildman–Crippen LogP) is 5.29. The van der Waals surface area contributed by atoms with E-state index in [9.17, 15) is 0 Å². The average Bonchev–Trinajstić information content (AvgIpc) is 2.75. The van der Waals surface area contributed by atoms with Crippen molar-refractivity contribution in [3.8, 4) is 0 Å². The highest BCUT2D eigenvalue weighted by atomic mass is 32.1. The van der Waals surface area contributed by atoms with Crippen molar-refractivity contribution in [1.29, 1.82) is 0 Å². The molecule has 1 aromatic heterocycles. The molecule has 2 rings (SSSR count). The van der Waals surface area contributed by atoms with Crippen LogP contribution in [0.4, 0.5) is 0 Å². The Balaban J connectivity index is 2.22. The lowest BCUT2D eigenvalue weighted by Gasteiger charge is -2.24. The Hall–Kier alpha value is -0.860. The van der Waals surface area contributed by atoms with E-state index in [1.54, 1.807) is 0 Å². The smallest absolute Gasteiger partial charge is 0.0391 e. The summed E-state index contributed by atoms with van der Waals surface area (Å²) in [5.41, 5.74) is 1.44. The minimum atomic E-state index is 0.432. The van der Waals surface area contributed by atoms with Crippen molar-refractivity contribution in [3.05, 3.63) is 34.7 Å². The van der Waals surface area contributed by atoms with E-state index in [-0.39, 0.29) is 0 Å². The summed E-state index contributed by atoms with van der Waals surface area (Å²) in [7, 11) is 0. The Morgan fingerprint density at radius 2 is 1.84 bits per heavy atom. The van der Waals surface area contributed by atoms with Gasteiger partial charge in [-0.05, 0) is 43.7 Å². The highest BCUT2D eigenvalue weighted by Crippen LogP contribution is 2.34. The maximum Gasteiger partial charge on any atom is 0.0391 e. The fraction of sp³-hybridized carbons (Fsp3) is 0.529. The van der Waals surface area contributed by atoms with Crippen molar-refractivity contribution in [2.45, 2.75) is 53.1 Å². The van der Waals surface area contributed by atoms with Gasteiger partial charge in [0.2, 0.25) is 0 Å². The SMILES string of the molecule is CCC(C)C(C)NC(C)c1sc2ccccc2c1C. The first-order valence-corrected chi connectivity index (χ1v) is 8.10. The van der Waals surface area contributed by atoms with Crippen LogP contribution in [0.3, 0.4) is 0 Å². The standard InChI is InChI=1S/C17H25NS/c1-6-11(2)13(4)18-14(5)17-12(3)15-9-7-8-10-16(15)19-17/h7-11,13-14,18H,6H2,1-5H3. The van der Waals surface area contributed by atoms with Crippen LogP contribution in [0.1, 0.15) is 50.6 Å². The third-order valence-electron chi connectivity index (χ3n) is 4.28. The topological polar surface area (TPSA) is 12.0 Å². The van der Waals surface area contributed by atoms with E-state index in [4.69, 9.17) is 0 Å². The molecule has 3 atom stereocenters. The van der Waals surface area contributed by atoms with E-state index in [0.29, 0.717) is 12.1 Å². The van der Waals surface area contributed by atoms with Gasteiger partial charge in [0, 0.05) is 21.7 Å². The lowest BCUT2D eigenvalue weighted by atomic mass is 9.99. The van der Waals surface area contributed by atoms with Gasteiger partial charge in [-0.3, -0.25) is 0 Å². The molecule has 0 aliphatic carbocycles. The summed E-state index contributed by atoms with van der Waals surface area (Å²) in [5, 5.41) is 5.17. The lowest BCUT2D eigenvalue weighted by Crippen LogP contribution is -2.33. The molecule has 0 aliphatic rings. The zero-order valence-electron chi connectivity index (χ0n) is 12.7. The molecule has 2 heteroatoms. The normalized spacial score (nSPS) is 16.5. The molecule has 104 valence electrons. The van der Waals surface area contributed by atoms with E-state index >= 15 is 0 Å². The fourth-order valence-corrected chi connectivity index (χ4v) is 3.82. The number of nitrogens with one attached hydrogen (secondary N) is 1. The molecule has 0 amide bonds. The summed E-state index contributed by atoms with van der Waals surface area (Å²) >= 11 is 1.93. The summed E-state index contributed by atoms with van der Waals surface area (Å²) in [6, 6.07) is 9.70. The zero-order valence-corrected chi connectivity index (χ0v) is 13.5. The Morgan fingerprint density at radius 1 is 1.16 bits per heavy atom. The minimum Gasteiger partial charge on any atom is -0.307 e. The molecule has 0 saturated carbocycles. The first-order chi connectivity index (χ1) is 9.04. The Kier molecular flexibility index (Phi) is 4.64. The molecule has 2 aromatic rings. The molecule has 3 unspecified atom stereocenters. The number of benzene rings is 1. The van der Waals surface area contributed by atoms with Gasteiger partial charge in [0.15, 0.2) is 0 Å². The van der Waals surface area contributed by atoms with Gasteiger partial charge in [0.25, 0.3) is 0 Å². The van der Waals surface area contributed by atoms with Crippen LogP contribution in [0.25, 0.3) is 10.1 Å². The number of hydrogen-bond donors (Lipinski definition) is 1. The van der Waals surface area contributed by atoms with Crippen LogP contribution in [-0.2, 0) is 0 Å². The van der Waals surface area contributed by atoms with Crippen molar-refractivity contribution in [2.24, 2.45) is 5.92 Å². The summed E-state index contributed by atoms with van der Waals surface area (Å²) < 4.78 is 1.40. The molecule has 0 radical (unpaired) electrons. The maximum absolute atomic E-state index is 3.76. The van der Waals surface area contributed by atoms with Crippen molar-refractivity contribution >= 4 is 21.4 Å². The molecule has 19 heavy (non-hydrogen) atoms. The van der Waals surface area contributed by atoms with Gasteiger partial charge < -0.3 is 5.32 Å². The van der Waals surface area contributed by atoms with Crippen molar-refractivity contribution < 1.29 is 0 Å². The van der Waals surface area contributed by atoms with Crippen LogP contribution in [0.5, 0.6) is 0 Å². The summed E-state index contributed by atoms with van der Waals surface area (Å²) in [6.45, 7) is 11.4. The largest absolute Gasteiger partial charge is 0.307 e. The summed E-state index contributed by atoms with van der Waals surface area (Å²) in [6.07, 6.45) is 1.23. The van der Waals surface area contributed by atoms with E-state index in [2.05, 4.69) is 64.2 Å². The van der Waals surface area contributed by atoms with E-state index in [1.807, 2.05) is 11.3 Å². The number of aryl methyl sites for hydroxylation is 1. The van der Waals surface area contributed by atoms with Gasteiger partial charge in [0.05, 0.1) is 0 Å². The molecule has 0 aliphatic heterocycles. The Labute approximate surface area is 121 Å². The number of rotatable bonds is 5. The van der Waals surface area contributed by atoms with Gasteiger partial charge in [0.1, 0.15) is 0 Å². The van der Waals surface area contributed by atoms with E-state index < -0.39 is 0 Å². The molecule has 1 N–H and O–H groups in total. The molecule has 0 bridgehead atoms. The van der Waals surface area contributed by atoms with Gasteiger partial charge in [-0.1, -0.05) is 38.5 Å². The van der Waals surface area contributed by atoms with Gasteiger partial charge >= 0.3 is 0 Å². The highest BCUT2D eigenvalue weighted by Gasteiger charge is 2.18. The first kappa shape index (κ1) is 14.5. The molecule has 0 fully saturated rings. The van der Waals surface area contributed by atoms with Crippen LogP contribution in [0.2, 0.25) is 0 Å². The Bertz CT molecular complexity index is 543. The van der Waals surface area contributed by atoms with Crippen LogP contribution in [0.15, 0.2) is 24.3 Å². The van der Waals surface area contributed by atoms with Gasteiger partial charge in [-0.15, -0.1) is 11.3 Å². The van der Waals surface area contributed by atoms with Crippen LogP contribution in [0, 0.1) is 12.8 Å². The molecule has 1 heterocycles. The molecule has 1 nitrogen and oxygen atoms in total. The van der Waals surface area contributed by atoms with Crippen molar-refractivity contribution in [2.75, 3.05) is 0 Å². The molecular weight excluding hydrogens is 250 g/mol. The third-order valence-corrected chi connectivity index (χ3v) is 5.74. The van der Waals surface area contributed by atoms with Crippen LogP contribution < -0.4 is 5.32 Å². The third kappa shape index (κ3) is 3.01. The van der Waals surface area contributed by atoms with Crippen molar-refractivity contribution in [3.63, 3.8) is 0 Å². The lowest BCUT2D eigenvalue weighted by molar-refractivity contribution is 0.362. The van der Waals surface area contributed by atoms with Crippen LogP contribution in [-0.4, -0.2) is 6.04 Å². The highest BCUT2D eigenvalue weighted by molar-refractivity contribution is 7.19. The summed E-state index contributed by atoms with van der Waals surface area (Å²) in [5.74, 6) is 0.720. The number of hydrogen-bond acceptors (Lipinski definition) is 2. The minimum absolute atomic E-state index is 0.432. The monoisotopic (exact) mass is 275 g/mol. The molecule has 0 saturated heterocycles. The second-order valence-electron chi connectivity index (χ2n) is 5.65. The predicted molar refractivity (Wildman–Crippen MR) is 87.0 cm³/mol. The average molecular weight is 275 g/mol. The van der Waals surface area contributed by atoms with Crippen LogP contribution >= 0.6 is 11.3 Å². The quantitative estimate of drug-likeness (QED) is 0.781. The zero-order chi connectivity index (χ0) is 14.0. The number of thiophene rings is 1. The molecular formula is C17H25NS. The molecule has 1 aromatic carbocycles. The maximum atomic E-state index is 3.76. The first-order valence-electron chi connectivity index (χ1n) is 7.28. The van der Waals surface area contributed by atoms with Gasteiger partial charge in [-0.25, -0.2) is 0 Å². The fourth-order valence-electron chi connectivity index (χ4n) is 2.59. The summed E-state index contributed by atoms with van der Waals surface area (Å²) in [4.78, 5) is 1.48. The van der Waals surface area contributed by atoms with Gasteiger partial charge in [-0.2, -0.15) is 0 Å².